The van der Waals surface area contributed by atoms with E-state index in [9.17, 15) is 37.5 Å². The number of amides is 2. The second kappa shape index (κ2) is 12.9. The van der Waals surface area contributed by atoms with Crippen molar-refractivity contribution in [2.75, 3.05) is 19.6 Å². The fraction of sp³-hybridized carbons (Fsp3) is 0.520. The maximum absolute atomic E-state index is 13.8. The van der Waals surface area contributed by atoms with Crippen LogP contribution in [0.1, 0.15) is 38.7 Å². The Morgan fingerprint density at radius 1 is 1.16 bits per heavy atom. The molecule has 10 nitrogen and oxygen atoms in total. The van der Waals surface area contributed by atoms with Gasteiger partial charge in [0.25, 0.3) is 12.4 Å². The maximum Gasteiger partial charge on any atom is 0.331 e. The Morgan fingerprint density at radius 2 is 1.82 bits per heavy atom. The van der Waals surface area contributed by atoms with Crippen molar-refractivity contribution >= 4 is 24.3 Å². The van der Waals surface area contributed by atoms with E-state index in [4.69, 9.17) is 10.8 Å². The third-order valence-electron chi connectivity index (χ3n) is 6.63. The molecule has 1 saturated carbocycles. The first kappa shape index (κ1) is 30.8. The van der Waals surface area contributed by atoms with Crippen LogP contribution in [0.5, 0.6) is 0 Å². The van der Waals surface area contributed by atoms with Gasteiger partial charge in [-0.1, -0.05) is 7.43 Å². The van der Waals surface area contributed by atoms with Crippen LogP contribution >= 0.6 is 0 Å². The number of carbonyl (C=O) groups is 4. The zero-order valence-electron chi connectivity index (χ0n) is 19.8. The molecule has 3 aliphatic rings. The normalized spacial score (nSPS) is 21.6. The number of ether oxygens (including phenoxy) is 1. The summed E-state index contributed by atoms with van der Waals surface area (Å²) in [7, 11) is 0. The second-order valence-electron chi connectivity index (χ2n) is 9.34. The van der Waals surface area contributed by atoms with Gasteiger partial charge in [0.1, 0.15) is 17.7 Å². The van der Waals surface area contributed by atoms with Gasteiger partial charge in [0, 0.05) is 44.1 Å². The highest BCUT2D eigenvalue weighted by Crippen LogP contribution is 2.40. The maximum atomic E-state index is 13.8. The fourth-order valence-corrected chi connectivity index (χ4v) is 4.61. The van der Waals surface area contributed by atoms with Gasteiger partial charge in [-0.05, 0) is 37.3 Å². The van der Waals surface area contributed by atoms with E-state index in [2.05, 4.69) is 4.74 Å². The number of fused-ring (bicyclic) bond motifs is 1. The van der Waals surface area contributed by atoms with Crippen LogP contribution in [-0.2, 0) is 30.3 Å². The topological polar surface area (TPSA) is 150 Å². The quantitative estimate of drug-likeness (QED) is 0.192. The van der Waals surface area contributed by atoms with E-state index in [-0.39, 0.29) is 56.1 Å². The summed E-state index contributed by atoms with van der Waals surface area (Å²) >= 11 is 0. The number of hydrogen-bond donors (Lipinski definition) is 3. The average Bonchev–Trinajstić information content (AvgIpc) is 3.25. The first-order valence-corrected chi connectivity index (χ1v) is 11.6. The van der Waals surface area contributed by atoms with Crippen molar-refractivity contribution in [2.24, 2.45) is 11.7 Å². The van der Waals surface area contributed by atoms with E-state index in [1.54, 1.807) is 9.80 Å². The van der Waals surface area contributed by atoms with Crippen LogP contribution in [0, 0.1) is 23.4 Å². The third kappa shape index (κ3) is 7.54. The molecule has 0 radical (unpaired) electrons. The van der Waals surface area contributed by atoms with Gasteiger partial charge >= 0.3 is 5.97 Å². The van der Waals surface area contributed by atoms with Gasteiger partial charge in [0.2, 0.25) is 5.91 Å². The highest BCUT2D eigenvalue weighted by Gasteiger charge is 2.54. The first-order valence-electron chi connectivity index (χ1n) is 11.6. The van der Waals surface area contributed by atoms with Crippen LogP contribution in [0.25, 0.3) is 0 Å². The van der Waals surface area contributed by atoms with Crippen molar-refractivity contribution in [2.45, 2.75) is 57.2 Å². The Morgan fingerprint density at radius 3 is 2.42 bits per heavy atom. The predicted molar refractivity (Wildman–Crippen MR) is 128 cm³/mol. The molecular formula is C25H32F3N3O7. The number of carboxylic acid groups (broad SMARTS) is 1. The number of carbonyl (C=O) groups excluding carboxylic acids is 3. The number of nitrogens with two attached hydrogens (primary N) is 1. The van der Waals surface area contributed by atoms with Crippen LogP contribution in [0.15, 0.2) is 24.5 Å². The molecule has 2 amide bonds. The van der Waals surface area contributed by atoms with Crippen molar-refractivity contribution < 1.29 is 47.3 Å². The number of aliphatic hydroxyl groups is 1. The molecule has 3 atom stereocenters. The van der Waals surface area contributed by atoms with Crippen molar-refractivity contribution in [3.05, 3.63) is 47.5 Å². The number of likely N-dealkylation sites (tertiary alicyclic amines) is 2. The molecule has 2 saturated heterocycles. The van der Waals surface area contributed by atoms with E-state index in [1.165, 1.54) is 0 Å². The zero-order valence-corrected chi connectivity index (χ0v) is 19.8. The second-order valence-corrected chi connectivity index (χ2v) is 9.34. The molecule has 1 aromatic carbocycles. The van der Waals surface area contributed by atoms with Crippen LogP contribution in [0.2, 0.25) is 0 Å². The summed E-state index contributed by atoms with van der Waals surface area (Å²) in [6.07, 6.45) is 3.09. The largest absolute Gasteiger partial charge is 0.478 e. The molecule has 13 heteroatoms. The van der Waals surface area contributed by atoms with Crippen LogP contribution in [0.3, 0.4) is 0 Å². The Balaban J connectivity index is 0.000000493. The fourth-order valence-electron chi connectivity index (χ4n) is 4.61. The van der Waals surface area contributed by atoms with Gasteiger partial charge in [-0.25, -0.2) is 18.0 Å². The molecule has 1 aromatic rings. The summed E-state index contributed by atoms with van der Waals surface area (Å²) in [6, 6.07) is 0.389. The predicted octanol–water partition coefficient (Wildman–Crippen LogP) is 1.34. The van der Waals surface area contributed by atoms with Crippen LogP contribution in [-0.4, -0.2) is 81.6 Å². The molecule has 4 N–H and O–H groups in total. The standard InChI is InChI=1S/C20H24F3N3O3.C4H4O4.CH4/c21-14-8-16(23)15(22)6-12(14)5-13(24)7-18(27)26-4-1-11-9-25(10-17(11)26)19(28)20(29)2-3-20;5-3-8-2-1-4(6)7;/h6,8,11,13,17,29H,1-5,7,9-10,24H2;1-3H,(H,6,7);1H4/b;2-1+;/t11-,13+,17+;;/m0../s1. The molecule has 0 unspecified atom stereocenters. The highest BCUT2D eigenvalue weighted by atomic mass is 19.2. The van der Waals surface area contributed by atoms with Gasteiger partial charge in [-0.3, -0.25) is 14.4 Å². The van der Waals surface area contributed by atoms with Gasteiger partial charge in [-0.15, -0.1) is 0 Å². The lowest BCUT2D eigenvalue weighted by Gasteiger charge is -2.27. The molecule has 0 bridgehead atoms. The highest BCUT2D eigenvalue weighted by molar-refractivity contribution is 5.88. The molecule has 210 valence electrons. The summed E-state index contributed by atoms with van der Waals surface area (Å²) in [6.45, 7) is 1.62. The molecule has 3 fully saturated rings. The van der Waals surface area contributed by atoms with Crippen molar-refractivity contribution in [3.63, 3.8) is 0 Å². The zero-order chi connectivity index (χ0) is 27.3. The molecule has 2 heterocycles. The summed E-state index contributed by atoms with van der Waals surface area (Å²) in [5.41, 5.74) is 4.69. The number of hydrogen-bond acceptors (Lipinski definition) is 7. The van der Waals surface area contributed by atoms with Crippen molar-refractivity contribution in [3.8, 4) is 0 Å². The van der Waals surface area contributed by atoms with Crippen molar-refractivity contribution in [1.82, 2.24) is 9.80 Å². The van der Waals surface area contributed by atoms with Crippen molar-refractivity contribution in [1.29, 1.82) is 0 Å². The lowest BCUT2D eigenvalue weighted by Crippen LogP contribution is -2.45. The van der Waals surface area contributed by atoms with E-state index in [0.717, 1.165) is 18.7 Å². The van der Waals surface area contributed by atoms with Gasteiger partial charge in [0.05, 0.1) is 12.1 Å². The number of halogens is 3. The first-order chi connectivity index (χ1) is 17.4. The molecule has 0 aromatic heterocycles. The number of rotatable bonds is 8. The summed E-state index contributed by atoms with van der Waals surface area (Å²) in [5.74, 6) is -4.75. The van der Waals surface area contributed by atoms with E-state index >= 15 is 0 Å². The SMILES string of the molecule is C.N[C@@H](CC(=O)N1CC[C@H]2CN(C(=O)C3(O)CC3)C[C@H]21)Cc1cc(F)c(F)cc1F.O=CO/C=C/C(=O)O. The Bertz CT molecular complexity index is 1080. The number of benzene rings is 1. The van der Waals surface area contributed by atoms with E-state index < -0.39 is 35.1 Å². The molecule has 2 aliphatic heterocycles. The van der Waals surface area contributed by atoms with E-state index in [1.807, 2.05) is 0 Å². The lowest BCUT2D eigenvalue weighted by atomic mass is 10.0. The summed E-state index contributed by atoms with van der Waals surface area (Å²) in [4.78, 5) is 47.4. The molecule has 4 rings (SSSR count). The smallest absolute Gasteiger partial charge is 0.331 e. The van der Waals surface area contributed by atoms with Crippen LogP contribution < -0.4 is 5.73 Å². The van der Waals surface area contributed by atoms with Crippen LogP contribution in [0.4, 0.5) is 13.2 Å². The summed E-state index contributed by atoms with van der Waals surface area (Å²) in [5, 5.41) is 17.9. The van der Waals surface area contributed by atoms with E-state index in [0.29, 0.717) is 44.6 Å². The lowest BCUT2D eigenvalue weighted by molar-refractivity contribution is -0.142. The molecule has 0 spiro atoms. The van der Waals surface area contributed by atoms with Gasteiger partial charge < -0.3 is 30.5 Å². The van der Waals surface area contributed by atoms with Gasteiger partial charge in [0.15, 0.2) is 11.6 Å². The monoisotopic (exact) mass is 543 g/mol. The van der Waals surface area contributed by atoms with Gasteiger partial charge in [-0.2, -0.15) is 0 Å². The minimum absolute atomic E-state index is 0. The minimum Gasteiger partial charge on any atom is -0.478 e. The molecule has 1 aliphatic carbocycles. The Hall–Kier alpha value is -3.45. The summed E-state index contributed by atoms with van der Waals surface area (Å²) < 4.78 is 44.1. The number of carboxylic acids is 1. The minimum atomic E-state index is -1.27. The number of nitrogens with zero attached hydrogens (tertiary/aromatic N) is 2. The third-order valence-corrected chi connectivity index (χ3v) is 6.63. The molecular weight excluding hydrogens is 511 g/mol. The Labute approximate surface area is 217 Å². The Kier molecular flexibility index (Phi) is 10.4. The number of aliphatic carboxylic acids is 1. The molecule has 38 heavy (non-hydrogen) atoms. The average molecular weight is 544 g/mol.